The summed E-state index contributed by atoms with van der Waals surface area (Å²) in [5.74, 6) is 0.310. The second-order valence-electron chi connectivity index (χ2n) is 6.16. The van der Waals surface area contributed by atoms with Crippen molar-refractivity contribution in [3.05, 3.63) is 30.3 Å². The molecule has 1 aliphatic heterocycles. The predicted molar refractivity (Wildman–Crippen MR) is 91.5 cm³/mol. The van der Waals surface area contributed by atoms with E-state index in [1.165, 1.54) is 0 Å². The third-order valence-electron chi connectivity index (χ3n) is 3.81. The Labute approximate surface area is 143 Å². The van der Waals surface area contributed by atoms with Crippen LogP contribution in [0.2, 0.25) is 0 Å². The lowest BCUT2D eigenvalue weighted by Crippen LogP contribution is -2.49. The summed E-state index contributed by atoms with van der Waals surface area (Å²) >= 11 is 0. The summed E-state index contributed by atoms with van der Waals surface area (Å²) in [4.78, 5) is 26.3. The van der Waals surface area contributed by atoms with Crippen molar-refractivity contribution in [3.63, 3.8) is 0 Å². The van der Waals surface area contributed by atoms with Crippen molar-refractivity contribution in [2.45, 2.75) is 45.2 Å². The molecule has 0 spiro atoms. The number of nitrogens with two attached hydrogens (primary N) is 1. The van der Waals surface area contributed by atoms with E-state index in [-0.39, 0.29) is 24.3 Å². The van der Waals surface area contributed by atoms with Gasteiger partial charge in [0.15, 0.2) is 0 Å². The number of nitrogens with zero attached hydrogens (tertiary/aromatic N) is 1. The Morgan fingerprint density at radius 1 is 1.30 bits per heavy atom. The molecule has 128 valence electrons. The maximum absolute atomic E-state index is 12.4. The lowest BCUT2D eigenvalue weighted by atomic mass is 10.0. The fraction of sp³-hybridized carbons (Fsp3) is 0.529. The van der Waals surface area contributed by atoms with E-state index in [0.717, 1.165) is 6.42 Å². The highest BCUT2D eigenvalue weighted by atomic mass is 35.5. The van der Waals surface area contributed by atoms with Crippen LogP contribution >= 0.6 is 12.4 Å². The molecule has 2 N–H and O–H groups in total. The Balaban J connectivity index is 0.00000264. The van der Waals surface area contributed by atoms with E-state index >= 15 is 0 Å². The van der Waals surface area contributed by atoms with Crippen molar-refractivity contribution >= 4 is 24.3 Å². The highest BCUT2D eigenvalue weighted by Gasteiger charge is 2.37. The Kier molecular flexibility index (Phi) is 7.52. The molecule has 0 bridgehead atoms. The zero-order valence-corrected chi connectivity index (χ0v) is 14.4. The number of halogens is 1. The average Bonchev–Trinajstić information content (AvgIpc) is 2.96. The molecule has 0 radical (unpaired) electrons. The van der Waals surface area contributed by atoms with Gasteiger partial charge in [-0.3, -0.25) is 4.79 Å². The molecule has 1 fully saturated rings. The minimum absolute atomic E-state index is 0. The number of carbonyl (C=O) groups is 2. The lowest BCUT2D eigenvalue weighted by molar-refractivity contribution is -0.146. The third-order valence-corrected chi connectivity index (χ3v) is 3.81. The summed E-state index contributed by atoms with van der Waals surface area (Å²) in [5.41, 5.74) is 5.97. The van der Waals surface area contributed by atoms with Gasteiger partial charge in [0.25, 0.3) is 0 Å². The van der Waals surface area contributed by atoms with E-state index in [2.05, 4.69) is 0 Å². The van der Waals surface area contributed by atoms with Gasteiger partial charge in [0, 0.05) is 6.54 Å². The van der Waals surface area contributed by atoms with Gasteiger partial charge in [-0.15, -0.1) is 12.4 Å². The number of ether oxygens (including phenoxy) is 1. The summed E-state index contributed by atoms with van der Waals surface area (Å²) in [6.07, 6.45) is 2.05. The molecule has 1 aromatic rings. The van der Waals surface area contributed by atoms with Crippen LogP contribution in [0.4, 0.5) is 0 Å². The zero-order valence-electron chi connectivity index (χ0n) is 13.6. The zero-order chi connectivity index (χ0) is 16.1. The molecule has 0 saturated carbocycles. The molecule has 6 heteroatoms. The molecule has 0 unspecified atom stereocenters. The number of para-hydroxylation sites is 1. The van der Waals surface area contributed by atoms with Crippen molar-refractivity contribution in [1.29, 1.82) is 0 Å². The molecule has 0 aromatic heterocycles. The molecular weight excluding hydrogens is 316 g/mol. The lowest BCUT2D eigenvalue weighted by Gasteiger charge is -2.26. The van der Waals surface area contributed by atoms with Crippen LogP contribution in [0.5, 0.6) is 5.75 Å². The smallest absolute Gasteiger partial charge is 0.334 e. The van der Waals surface area contributed by atoms with Crippen molar-refractivity contribution in [2.24, 2.45) is 11.7 Å². The largest absolute Gasteiger partial charge is 0.425 e. The van der Waals surface area contributed by atoms with Crippen molar-refractivity contribution < 1.29 is 14.3 Å². The Hall–Kier alpha value is -1.59. The predicted octanol–water partition coefficient (Wildman–Crippen LogP) is 2.38. The van der Waals surface area contributed by atoms with Crippen LogP contribution in [0.1, 0.15) is 33.1 Å². The molecule has 1 heterocycles. The van der Waals surface area contributed by atoms with Gasteiger partial charge in [-0.25, -0.2) is 4.79 Å². The molecule has 1 aliphatic rings. The van der Waals surface area contributed by atoms with Gasteiger partial charge in [-0.1, -0.05) is 32.0 Å². The number of esters is 1. The molecule has 1 saturated heterocycles. The first-order chi connectivity index (χ1) is 10.5. The van der Waals surface area contributed by atoms with E-state index in [1.54, 1.807) is 29.2 Å². The minimum Gasteiger partial charge on any atom is -0.425 e. The van der Waals surface area contributed by atoms with Gasteiger partial charge in [-0.05, 0) is 37.3 Å². The summed E-state index contributed by atoms with van der Waals surface area (Å²) < 4.78 is 5.37. The second kappa shape index (κ2) is 8.89. The Morgan fingerprint density at radius 2 is 1.96 bits per heavy atom. The summed E-state index contributed by atoms with van der Waals surface area (Å²) in [6.45, 7) is 4.62. The van der Waals surface area contributed by atoms with Crippen LogP contribution < -0.4 is 10.5 Å². The molecule has 0 aliphatic carbocycles. The maximum atomic E-state index is 12.4. The molecule has 2 rings (SSSR count). The number of hydrogen-bond acceptors (Lipinski definition) is 4. The topological polar surface area (TPSA) is 72.6 Å². The van der Waals surface area contributed by atoms with Crippen LogP contribution in [0, 0.1) is 5.92 Å². The van der Waals surface area contributed by atoms with Crippen LogP contribution in [0.25, 0.3) is 0 Å². The maximum Gasteiger partial charge on any atom is 0.334 e. The summed E-state index contributed by atoms with van der Waals surface area (Å²) in [7, 11) is 0. The second-order valence-corrected chi connectivity index (χ2v) is 6.16. The van der Waals surface area contributed by atoms with Crippen LogP contribution in [-0.4, -0.2) is 35.4 Å². The van der Waals surface area contributed by atoms with Gasteiger partial charge in [0.05, 0.1) is 6.04 Å². The summed E-state index contributed by atoms with van der Waals surface area (Å²) in [5, 5.41) is 0. The third kappa shape index (κ3) is 5.22. The number of amides is 1. The number of hydrogen-bond donors (Lipinski definition) is 1. The normalized spacial score (nSPS) is 18.4. The fourth-order valence-electron chi connectivity index (χ4n) is 2.77. The molecule has 23 heavy (non-hydrogen) atoms. The van der Waals surface area contributed by atoms with Crippen molar-refractivity contribution in [1.82, 2.24) is 4.90 Å². The number of rotatable bonds is 5. The first-order valence-electron chi connectivity index (χ1n) is 7.82. The van der Waals surface area contributed by atoms with Gasteiger partial charge in [-0.2, -0.15) is 0 Å². The molecular formula is C17H25ClN2O3. The summed E-state index contributed by atoms with van der Waals surface area (Å²) in [6, 6.07) is 7.84. The van der Waals surface area contributed by atoms with Gasteiger partial charge >= 0.3 is 5.97 Å². The molecule has 1 amide bonds. The average molecular weight is 341 g/mol. The molecule has 1 aromatic carbocycles. The van der Waals surface area contributed by atoms with E-state index < -0.39 is 12.1 Å². The Morgan fingerprint density at radius 3 is 2.57 bits per heavy atom. The van der Waals surface area contributed by atoms with E-state index in [9.17, 15) is 9.59 Å². The number of likely N-dealkylation sites (tertiary alicyclic amines) is 1. The van der Waals surface area contributed by atoms with Gasteiger partial charge in [0.1, 0.15) is 11.8 Å². The molecule has 2 atom stereocenters. The Bertz CT molecular complexity index is 522. The van der Waals surface area contributed by atoms with E-state index in [4.69, 9.17) is 10.5 Å². The first-order valence-corrected chi connectivity index (χ1v) is 7.82. The monoisotopic (exact) mass is 340 g/mol. The number of carbonyl (C=O) groups excluding carboxylic acids is 2. The quantitative estimate of drug-likeness (QED) is 0.659. The SMILES string of the molecule is CC(C)C[C@H](N)C(=O)N1CCC[C@H]1C(=O)Oc1ccccc1.Cl. The van der Waals surface area contributed by atoms with Crippen molar-refractivity contribution in [2.75, 3.05) is 6.54 Å². The number of benzene rings is 1. The standard InChI is InChI=1S/C17H24N2O3.ClH/c1-12(2)11-14(18)16(20)19-10-6-9-15(19)17(21)22-13-7-4-3-5-8-13;/h3-5,7-8,12,14-15H,6,9-11,18H2,1-2H3;1H/t14-,15-;/m0./s1. The minimum atomic E-state index is -0.551. The van der Waals surface area contributed by atoms with Crippen LogP contribution in [0.3, 0.4) is 0 Å². The van der Waals surface area contributed by atoms with E-state index in [0.29, 0.717) is 31.1 Å². The first kappa shape index (κ1) is 19.5. The fourth-order valence-corrected chi connectivity index (χ4v) is 2.77. The van der Waals surface area contributed by atoms with E-state index in [1.807, 2.05) is 19.9 Å². The van der Waals surface area contributed by atoms with Crippen LogP contribution in [0.15, 0.2) is 30.3 Å². The highest BCUT2D eigenvalue weighted by Crippen LogP contribution is 2.22. The highest BCUT2D eigenvalue weighted by molar-refractivity contribution is 5.88. The van der Waals surface area contributed by atoms with Gasteiger partial charge in [0.2, 0.25) is 5.91 Å². The van der Waals surface area contributed by atoms with Crippen LogP contribution in [-0.2, 0) is 9.59 Å². The van der Waals surface area contributed by atoms with Gasteiger partial charge < -0.3 is 15.4 Å². The molecule has 5 nitrogen and oxygen atoms in total. The van der Waals surface area contributed by atoms with Crippen molar-refractivity contribution in [3.8, 4) is 5.75 Å².